The van der Waals surface area contributed by atoms with Gasteiger partial charge in [0.15, 0.2) is 5.50 Å². The van der Waals surface area contributed by atoms with Crippen molar-refractivity contribution < 1.29 is 4.39 Å². The maximum Gasteiger partial charge on any atom is 0.210 e. The first-order valence-corrected chi connectivity index (χ1v) is 2.11. The largest absolute Gasteiger partial charge is 0.226 e. The van der Waals surface area contributed by atoms with E-state index in [0.717, 1.165) is 0 Å². The lowest BCUT2D eigenvalue weighted by molar-refractivity contribution is 0.814. The molecule has 0 bridgehead atoms. The Kier molecular flexibility index (Phi) is 1.11. The van der Waals surface area contributed by atoms with Crippen LogP contribution in [-0.4, -0.2) is 5.97 Å². The van der Waals surface area contributed by atoms with Crippen LogP contribution in [0.15, 0.2) is 17.1 Å². The number of allylic oxidation sites excluding steroid dienone is 1. The lowest BCUT2D eigenvalue weighted by Crippen LogP contribution is -1.71. The highest BCUT2D eigenvalue weighted by molar-refractivity contribution is 6.29. The zero-order valence-electron chi connectivity index (χ0n) is 3.36. The molecule has 0 amide bonds. The average Bonchev–Trinajstić information content (AvgIpc) is 1.87. The molecule has 0 saturated heterocycles. The molecule has 7 heavy (non-hydrogen) atoms. The van der Waals surface area contributed by atoms with Gasteiger partial charge in [0.1, 0.15) is 0 Å². The quantitative estimate of drug-likeness (QED) is 0.429. The highest BCUT2D eigenvalue weighted by Gasteiger charge is 2.05. The van der Waals surface area contributed by atoms with E-state index in [-0.39, 0.29) is 5.50 Å². The number of halogens is 2. The van der Waals surface area contributed by atoms with Crippen molar-refractivity contribution in [3.63, 3.8) is 0 Å². The van der Waals surface area contributed by atoms with Crippen molar-refractivity contribution in [1.82, 2.24) is 0 Å². The van der Waals surface area contributed by atoms with Gasteiger partial charge < -0.3 is 0 Å². The normalized spacial score (nSPS) is 20.6. The molecule has 37 valence electrons. The molecule has 1 rings (SSSR count). The summed E-state index contributed by atoms with van der Waals surface area (Å²) < 4.78 is 11.7. The summed E-state index contributed by atoms with van der Waals surface area (Å²) in [6.45, 7) is 0. The van der Waals surface area contributed by atoms with Crippen molar-refractivity contribution in [2.75, 3.05) is 0 Å². The van der Waals surface area contributed by atoms with E-state index < -0.39 is 5.97 Å². The highest BCUT2D eigenvalue weighted by Crippen LogP contribution is 2.16. The Morgan fingerprint density at radius 2 is 2.29 bits per heavy atom. The van der Waals surface area contributed by atoms with Gasteiger partial charge in [-0.05, 0) is 12.2 Å². The van der Waals surface area contributed by atoms with Crippen molar-refractivity contribution in [1.29, 1.82) is 0 Å². The molecule has 0 fully saturated rings. The predicted molar refractivity (Wildman–Crippen MR) is 26.8 cm³/mol. The predicted octanol–water partition coefficient (Wildman–Crippen LogP) is 1.65. The SMILES string of the molecule is FC1=N[C](Cl)C=C1. The lowest BCUT2D eigenvalue weighted by Gasteiger charge is -1.79. The summed E-state index contributed by atoms with van der Waals surface area (Å²) in [4.78, 5) is 3.21. The maximum absolute atomic E-state index is 11.7. The van der Waals surface area contributed by atoms with Gasteiger partial charge in [-0.25, -0.2) is 4.99 Å². The van der Waals surface area contributed by atoms with Gasteiger partial charge in [0.2, 0.25) is 5.97 Å². The highest BCUT2D eigenvalue weighted by atomic mass is 35.5. The summed E-state index contributed by atoms with van der Waals surface area (Å²) in [7, 11) is 0. The Hall–Kier alpha value is -0.370. The standard InChI is InChI=1S/C4H2ClFN/c5-3-1-2-4(6)7-3/h1-2H. The van der Waals surface area contributed by atoms with Gasteiger partial charge in [0.25, 0.3) is 0 Å². The zero-order valence-corrected chi connectivity index (χ0v) is 4.11. The molecule has 1 radical (unpaired) electrons. The van der Waals surface area contributed by atoms with Gasteiger partial charge in [0.05, 0.1) is 0 Å². The fourth-order valence-corrected chi connectivity index (χ4v) is 0.458. The smallest absolute Gasteiger partial charge is 0.210 e. The molecule has 0 saturated carbocycles. The Labute approximate surface area is 45.5 Å². The van der Waals surface area contributed by atoms with Gasteiger partial charge in [0, 0.05) is 0 Å². The Balaban J connectivity index is 2.69. The third-order valence-electron chi connectivity index (χ3n) is 0.572. The topological polar surface area (TPSA) is 12.4 Å². The van der Waals surface area contributed by atoms with Crippen LogP contribution in [0.25, 0.3) is 0 Å². The molecular weight excluding hydrogens is 117 g/mol. The first kappa shape index (κ1) is 4.78. The molecule has 1 aliphatic rings. The van der Waals surface area contributed by atoms with Crippen molar-refractivity contribution in [3.8, 4) is 0 Å². The molecule has 0 unspecified atom stereocenters. The molecule has 1 nitrogen and oxygen atoms in total. The minimum atomic E-state index is -0.523. The van der Waals surface area contributed by atoms with Crippen LogP contribution in [0, 0.1) is 5.50 Å². The molecule has 0 aromatic carbocycles. The maximum atomic E-state index is 11.7. The van der Waals surface area contributed by atoms with E-state index in [9.17, 15) is 4.39 Å². The number of hydrogen-bond donors (Lipinski definition) is 0. The molecule has 0 spiro atoms. The van der Waals surface area contributed by atoms with Crippen LogP contribution in [0.1, 0.15) is 0 Å². The number of nitrogens with zero attached hydrogens (tertiary/aromatic N) is 1. The van der Waals surface area contributed by atoms with Gasteiger partial charge >= 0.3 is 0 Å². The lowest BCUT2D eigenvalue weighted by atomic mass is 10.6. The minimum Gasteiger partial charge on any atom is -0.226 e. The number of hydrogen-bond acceptors (Lipinski definition) is 1. The Morgan fingerprint density at radius 3 is 2.43 bits per heavy atom. The molecule has 0 aromatic heterocycles. The Morgan fingerprint density at radius 1 is 1.57 bits per heavy atom. The Bertz CT molecular complexity index is 130. The van der Waals surface area contributed by atoms with Crippen LogP contribution in [0.5, 0.6) is 0 Å². The molecule has 0 N–H and O–H groups in total. The number of rotatable bonds is 0. The number of aliphatic imine (C=N–C) groups is 1. The fraction of sp³-hybridized carbons (Fsp3) is 0. The third-order valence-corrected chi connectivity index (χ3v) is 0.783. The van der Waals surface area contributed by atoms with Crippen LogP contribution in [-0.2, 0) is 0 Å². The molecule has 1 aliphatic heterocycles. The summed E-state index contributed by atoms with van der Waals surface area (Å²) in [5.41, 5.74) is 0.206. The second-order valence-corrected chi connectivity index (χ2v) is 1.48. The molecule has 1 heterocycles. The van der Waals surface area contributed by atoms with Crippen molar-refractivity contribution in [3.05, 3.63) is 17.7 Å². The third kappa shape index (κ3) is 0.996. The monoisotopic (exact) mass is 118 g/mol. The van der Waals surface area contributed by atoms with E-state index in [1.807, 2.05) is 0 Å². The van der Waals surface area contributed by atoms with Crippen LogP contribution in [0.3, 0.4) is 0 Å². The van der Waals surface area contributed by atoms with Crippen molar-refractivity contribution in [2.24, 2.45) is 4.99 Å². The first-order valence-electron chi connectivity index (χ1n) is 1.74. The first-order chi connectivity index (χ1) is 3.29. The van der Waals surface area contributed by atoms with E-state index >= 15 is 0 Å². The summed E-state index contributed by atoms with van der Waals surface area (Å²) in [5.74, 6) is -0.523. The van der Waals surface area contributed by atoms with E-state index in [0.29, 0.717) is 0 Å². The van der Waals surface area contributed by atoms with E-state index in [1.54, 1.807) is 0 Å². The van der Waals surface area contributed by atoms with E-state index in [1.165, 1.54) is 12.2 Å². The van der Waals surface area contributed by atoms with Crippen LogP contribution < -0.4 is 0 Å². The summed E-state index contributed by atoms with van der Waals surface area (Å²) in [5, 5.41) is 0. The second-order valence-electron chi connectivity index (χ2n) is 1.09. The van der Waals surface area contributed by atoms with Gasteiger partial charge in [-0.15, -0.1) is 0 Å². The van der Waals surface area contributed by atoms with Crippen LogP contribution in [0.4, 0.5) is 4.39 Å². The van der Waals surface area contributed by atoms with Gasteiger partial charge in [-0.1, -0.05) is 11.6 Å². The summed E-state index contributed by atoms with van der Waals surface area (Å²) in [6, 6.07) is 0. The summed E-state index contributed by atoms with van der Waals surface area (Å²) >= 11 is 5.21. The van der Waals surface area contributed by atoms with Crippen molar-refractivity contribution >= 4 is 17.6 Å². The molecule has 0 atom stereocenters. The minimum absolute atomic E-state index is 0.206. The second kappa shape index (κ2) is 1.62. The molecule has 0 aliphatic carbocycles. The van der Waals surface area contributed by atoms with Crippen LogP contribution in [0.2, 0.25) is 0 Å². The summed E-state index contributed by atoms with van der Waals surface area (Å²) in [6.07, 6.45) is 2.61. The zero-order chi connectivity index (χ0) is 5.28. The van der Waals surface area contributed by atoms with Gasteiger partial charge in [-0.2, -0.15) is 4.39 Å². The van der Waals surface area contributed by atoms with Gasteiger partial charge in [-0.3, -0.25) is 0 Å². The van der Waals surface area contributed by atoms with Crippen LogP contribution >= 0.6 is 11.6 Å². The molecule has 3 heteroatoms. The fourth-order valence-electron chi connectivity index (χ4n) is 0.314. The average molecular weight is 119 g/mol. The molecule has 0 aromatic rings. The van der Waals surface area contributed by atoms with E-state index in [4.69, 9.17) is 11.6 Å². The van der Waals surface area contributed by atoms with E-state index in [2.05, 4.69) is 4.99 Å². The molecular formula is C4H2ClFN. The van der Waals surface area contributed by atoms with Crippen molar-refractivity contribution in [2.45, 2.75) is 0 Å².